The maximum Gasteiger partial charge on any atom is 0.336 e. The molecule has 1 unspecified atom stereocenters. The van der Waals surface area contributed by atoms with Crippen LogP contribution >= 0.6 is 0 Å². The van der Waals surface area contributed by atoms with E-state index in [4.69, 9.17) is 18.6 Å². The highest BCUT2D eigenvalue weighted by Crippen LogP contribution is 2.33. The molecule has 2 aliphatic heterocycles. The van der Waals surface area contributed by atoms with Gasteiger partial charge in [0.2, 0.25) is 13.5 Å². The van der Waals surface area contributed by atoms with Crippen molar-refractivity contribution in [3.8, 4) is 17.2 Å². The van der Waals surface area contributed by atoms with E-state index in [0.29, 0.717) is 12.3 Å². The predicted molar refractivity (Wildman–Crippen MR) is 93.7 cm³/mol. The molecule has 5 rings (SSSR count). The zero-order chi connectivity index (χ0) is 17.7. The maximum atomic E-state index is 11.8. The number of ether oxygens (including phenoxy) is 3. The number of fused-ring (bicyclic) bond motifs is 4. The van der Waals surface area contributed by atoms with E-state index in [0.717, 1.165) is 52.4 Å². The van der Waals surface area contributed by atoms with Crippen LogP contribution < -0.4 is 24.7 Å². The Balaban J connectivity index is 1.47. The van der Waals surface area contributed by atoms with Gasteiger partial charge >= 0.3 is 5.63 Å². The van der Waals surface area contributed by atoms with Gasteiger partial charge < -0.3 is 18.6 Å². The molecular weight excluding hydrogens is 334 g/mol. The summed E-state index contributed by atoms with van der Waals surface area (Å²) >= 11 is 0. The molecule has 0 amide bonds. The van der Waals surface area contributed by atoms with Crippen LogP contribution in [0.4, 0.5) is 0 Å². The van der Waals surface area contributed by atoms with Crippen molar-refractivity contribution in [1.82, 2.24) is 0 Å². The number of nitrogens with one attached hydrogen (secondary N) is 1. The normalized spacial score (nSPS) is 17.8. The molecular formula is C20H18NO5+. The first-order valence-electron chi connectivity index (χ1n) is 8.58. The van der Waals surface area contributed by atoms with Gasteiger partial charge in [-0.15, -0.1) is 0 Å². The molecule has 0 radical (unpaired) electrons. The summed E-state index contributed by atoms with van der Waals surface area (Å²) in [5.74, 6) is 2.36. The Morgan fingerprint density at radius 3 is 2.77 bits per heavy atom. The molecule has 1 aromatic heterocycles. The van der Waals surface area contributed by atoms with Crippen LogP contribution in [0.5, 0.6) is 17.2 Å². The molecule has 2 aromatic carbocycles. The van der Waals surface area contributed by atoms with Gasteiger partial charge in [0.1, 0.15) is 18.8 Å². The standard InChI is InChI=1S/C20H17NO5/c1-12-6-19(22)26-20-14(12)3-5-16-15(20)9-21(10-23-16)8-13-2-4-17-18(7-13)25-11-24-17/h2-7H,8-11H2,1H3/p+1. The molecule has 0 bridgehead atoms. The molecule has 0 aliphatic carbocycles. The molecule has 0 fully saturated rings. The Kier molecular flexibility index (Phi) is 3.39. The number of quaternary nitrogens is 1. The Hall–Kier alpha value is -2.99. The van der Waals surface area contributed by atoms with Gasteiger partial charge in [0.05, 0.1) is 5.56 Å². The third-order valence-electron chi connectivity index (χ3n) is 4.93. The number of hydrogen-bond donors (Lipinski definition) is 1. The van der Waals surface area contributed by atoms with Gasteiger partial charge in [0, 0.05) is 17.0 Å². The second-order valence-corrected chi connectivity index (χ2v) is 6.75. The molecule has 3 heterocycles. The van der Waals surface area contributed by atoms with Crippen molar-refractivity contribution >= 4 is 11.0 Å². The summed E-state index contributed by atoms with van der Waals surface area (Å²) in [4.78, 5) is 13.1. The Bertz CT molecular complexity index is 1070. The highest BCUT2D eigenvalue weighted by molar-refractivity contribution is 5.84. The van der Waals surface area contributed by atoms with Crippen molar-refractivity contribution in [2.24, 2.45) is 0 Å². The van der Waals surface area contributed by atoms with Crippen LogP contribution in [0.25, 0.3) is 11.0 Å². The van der Waals surface area contributed by atoms with Gasteiger partial charge in [-0.2, -0.15) is 0 Å². The quantitative estimate of drug-likeness (QED) is 0.712. The van der Waals surface area contributed by atoms with E-state index in [-0.39, 0.29) is 12.4 Å². The van der Waals surface area contributed by atoms with Crippen LogP contribution in [0.3, 0.4) is 0 Å². The molecule has 0 spiro atoms. The van der Waals surface area contributed by atoms with E-state index in [1.54, 1.807) is 0 Å². The van der Waals surface area contributed by atoms with Gasteiger partial charge in [-0.1, -0.05) is 0 Å². The number of aryl methyl sites for hydroxylation is 1. The predicted octanol–water partition coefficient (Wildman–Crippen LogP) is 1.77. The first-order valence-corrected chi connectivity index (χ1v) is 8.58. The summed E-state index contributed by atoms with van der Waals surface area (Å²) in [6, 6.07) is 11.4. The number of hydrogen-bond acceptors (Lipinski definition) is 5. The average Bonchev–Trinajstić information content (AvgIpc) is 3.09. The maximum absolute atomic E-state index is 11.8. The molecule has 6 nitrogen and oxygen atoms in total. The fourth-order valence-corrected chi connectivity index (χ4v) is 3.66. The van der Waals surface area contributed by atoms with Crippen molar-refractivity contribution < 1.29 is 23.5 Å². The summed E-state index contributed by atoms with van der Waals surface area (Å²) in [5.41, 5.74) is 3.32. The van der Waals surface area contributed by atoms with Crippen molar-refractivity contribution in [2.75, 3.05) is 13.5 Å². The molecule has 2 aliphatic rings. The SMILES string of the molecule is Cc1cc(=O)oc2c3c(ccc12)OC[NH+](Cc1ccc2c(c1)OCO2)C3. The Morgan fingerprint density at radius 1 is 1.00 bits per heavy atom. The van der Waals surface area contributed by atoms with Crippen LogP contribution in [0.1, 0.15) is 16.7 Å². The number of benzene rings is 2. The van der Waals surface area contributed by atoms with Gasteiger partial charge in [0.25, 0.3) is 0 Å². The minimum Gasteiger partial charge on any atom is -0.454 e. The first-order chi connectivity index (χ1) is 12.7. The monoisotopic (exact) mass is 352 g/mol. The van der Waals surface area contributed by atoms with Crippen LogP contribution in [0.15, 0.2) is 45.6 Å². The highest BCUT2D eigenvalue weighted by Gasteiger charge is 2.25. The topological polar surface area (TPSA) is 62.3 Å². The highest BCUT2D eigenvalue weighted by atomic mass is 16.7. The molecule has 0 saturated carbocycles. The second-order valence-electron chi connectivity index (χ2n) is 6.75. The lowest BCUT2D eigenvalue weighted by molar-refractivity contribution is -0.945. The minimum absolute atomic E-state index is 0.274. The molecule has 0 saturated heterocycles. The second kappa shape index (κ2) is 5.78. The van der Waals surface area contributed by atoms with Gasteiger partial charge in [0.15, 0.2) is 17.1 Å². The van der Waals surface area contributed by atoms with Crippen LogP contribution in [0.2, 0.25) is 0 Å². The van der Waals surface area contributed by atoms with E-state index in [2.05, 4.69) is 0 Å². The van der Waals surface area contributed by atoms with Crippen LogP contribution in [-0.4, -0.2) is 13.5 Å². The first kappa shape index (κ1) is 15.3. The van der Waals surface area contributed by atoms with Gasteiger partial charge in [-0.05, 0) is 42.8 Å². The van der Waals surface area contributed by atoms with E-state index in [9.17, 15) is 4.79 Å². The van der Waals surface area contributed by atoms with Crippen molar-refractivity contribution in [1.29, 1.82) is 0 Å². The molecule has 1 atom stereocenters. The van der Waals surface area contributed by atoms with Gasteiger partial charge in [-0.25, -0.2) is 4.79 Å². The molecule has 6 heteroatoms. The van der Waals surface area contributed by atoms with E-state index >= 15 is 0 Å². The lowest BCUT2D eigenvalue weighted by Crippen LogP contribution is -3.10. The molecule has 26 heavy (non-hydrogen) atoms. The lowest BCUT2D eigenvalue weighted by atomic mass is 10.0. The third kappa shape index (κ3) is 2.50. The van der Waals surface area contributed by atoms with Crippen molar-refractivity contribution in [2.45, 2.75) is 20.0 Å². The summed E-state index contributed by atoms with van der Waals surface area (Å²) in [6.45, 7) is 4.27. The summed E-state index contributed by atoms with van der Waals surface area (Å²) in [6.07, 6.45) is 0. The largest absolute Gasteiger partial charge is 0.454 e. The van der Waals surface area contributed by atoms with Crippen molar-refractivity contribution in [3.63, 3.8) is 0 Å². The Morgan fingerprint density at radius 2 is 1.85 bits per heavy atom. The van der Waals surface area contributed by atoms with Crippen molar-refractivity contribution in [3.05, 3.63) is 63.5 Å². The molecule has 3 aromatic rings. The fourth-order valence-electron chi connectivity index (χ4n) is 3.66. The summed E-state index contributed by atoms with van der Waals surface area (Å²) in [7, 11) is 0. The van der Waals surface area contributed by atoms with Crippen LogP contribution in [-0.2, 0) is 13.1 Å². The zero-order valence-electron chi connectivity index (χ0n) is 14.3. The number of rotatable bonds is 2. The van der Waals surface area contributed by atoms with Crippen LogP contribution in [0, 0.1) is 6.92 Å². The minimum atomic E-state index is -0.328. The Labute approximate surface area is 149 Å². The van der Waals surface area contributed by atoms with E-state index in [1.165, 1.54) is 11.0 Å². The van der Waals surface area contributed by atoms with E-state index in [1.807, 2.05) is 37.3 Å². The average molecular weight is 352 g/mol. The summed E-state index contributed by atoms with van der Waals surface area (Å²) in [5, 5.41) is 0.955. The fraction of sp³-hybridized carbons (Fsp3) is 0.250. The smallest absolute Gasteiger partial charge is 0.336 e. The summed E-state index contributed by atoms with van der Waals surface area (Å²) < 4.78 is 22.3. The zero-order valence-corrected chi connectivity index (χ0v) is 14.3. The van der Waals surface area contributed by atoms with E-state index < -0.39 is 0 Å². The molecule has 1 N–H and O–H groups in total. The molecule has 132 valence electrons. The van der Waals surface area contributed by atoms with Gasteiger partial charge in [-0.3, -0.25) is 4.90 Å². The lowest BCUT2D eigenvalue weighted by Gasteiger charge is -2.26. The third-order valence-corrected chi connectivity index (χ3v) is 4.93.